The molecule has 0 N–H and O–H groups in total. The zero-order valence-electron chi connectivity index (χ0n) is 11.3. The van der Waals surface area contributed by atoms with Crippen molar-refractivity contribution in [1.29, 1.82) is 0 Å². The van der Waals surface area contributed by atoms with E-state index in [9.17, 15) is 8.42 Å². The molecule has 0 radical (unpaired) electrons. The van der Waals surface area contributed by atoms with Crippen LogP contribution in [0.2, 0.25) is 0 Å². The topological polar surface area (TPSA) is 37.4 Å². The van der Waals surface area contributed by atoms with Crippen LogP contribution < -0.4 is 4.90 Å². The molecule has 0 aromatic heterocycles. The summed E-state index contributed by atoms with van der Waals surface area (Å²) in [6, 6.07) is 13.9. The van der Waals surface area contributed by atoms with Crippen molar-refractivity contribution in [3.8, 4) is 0 Å². The van der Waals surface area contributed by atoms with Gasteiger partial charge in [-0.05, 0) is 37.3 Å². The number of sulfone groups is 1. The maximum Gasteiger partial charge on any atom is 0.206 e. The molecular formula is C15H17NO2S. The molecule has 0 aliphatic rings. The highest BCUT2D eigenvalue weighted by atomic mass is 32.2. The van der Waals surface area contributed by atoms with Crippen molar-refractivity contribution in [1.82, 2.24) is 0 Å². The van der Waals surface area contributed by atoms with E-state index >= 15 is 0 Å². The number of nitrogens with zero attached hydrogens (tertiary/aromatic N) is 1. The molecule has 0 aliphatic carbocycles. The van der Waals surface area contributed by atoms with Crippen LogP contribution >= 0.6 is 0 Å². The fraction of sp³-hybridized carbons (Fsp3) is 0.200. The van der Waals surface area contributed by atoms with E-state index in [1.54, 1.807) is 30.3 Å². The van der Waals surface area contributed by atoms with Crippen LogP contribution in [0.4, 0.5) is 5.69 Å². The van der Waals surface area contributed by atoms with Crippen LogP contribution in [0.5, 0.6) is 0 Å². The summed E-state index contributed by atoms with van der Waals surface area (Å²) in [6.45, 7) is 1.93. The van der Waals surface area contributed by atoms with Gasteiger partial charge in [0.05, 0.1) is 9.79 Å². The Labute approximate surface area is 114 Å². The Morgan fingerprint density at radius 1 is 0.895 bits per heavy atom. The second kappa shape index (κ2) is 5.05. The SMILES string of the molecule is Cc1ccc(S(=O)(=O)c2cccc(N(C)C)c2)cc1. The van der Waals surface area contributed by atoms with E-state index in [4.69, 9.17) is 0 Å². The Hall–Kier alpha value is -1.81. The van der Waals surface area contributed by atoms with Gasteiger partial charge < -0.3 is 4.90 Å². The van der Waals surface area contributed by atoms with Gasteiger partial charge in [0.1, 0.15) is 0 Å². The van der Waals surface area contributed by atoms with Crippen LogP contribution in [-0.4, -0.2) is 22.5 Å². The Bertz CT molecular complexity index is 674. The largest absolute Gasteiger partial charge is 0.378 e. The summed E-state index contributed by atoms with van der Waals surface area (Å²) in [5.41, 5.74) is 1.91. The van der Waals surface area contributed by atoms with Crippen molar-refractivity contribution >= 4 is 15.5 Å². The van der Waals surface area contributed by atoms with Gasteiger partial charge in [-0.25, -0.2) is 8.42 Å². The molecule has 0 unspecified atom stereocenters. The van der Waals surface area contributed by atoms with E-state index in [0.717, 1.165) is 11.3 Å². The molecule has 2 aromatic carbocycles. The molecule has 0 atom stereocenters. The quantitative estimate of drug-likeness (QED) is 0.864. The first-order valence-corrected chi connectivity index (χ1v) is 7.49. The van der Waals surface area contributed by atoms with E-state index < -0.39 is 9.84 Å². The molecule has 3 nitrogen and oxygen atoms in total. The van der Waals surface area contributed by atoms with Gasteiger partial charge in [-0.15, -0.1) is 0 Å². The van der Waals surface area contributed by atoms with Crippen molar-refractivity contribution in [3.63, 3.8) is 0 Å². The monoisotopic (exact) mass is 275 g/mol. The molecule has 0 saturated carbocycles. The fourth-order valence-corrected chi connectivity index (χ4v) is 3.08. The average Bonchev–Trinajstić information content (AvgIpc) is 2.39. The van der Waals surface area contributed by atoms with Crippen molar-refractivity contribution in [2.45, 2.75) is 16.7 Å². The highest BCUT2D eigenvalue weighted by Crippen LogP contribution is 2.24. The molecule has 0 spiro atoms. The summed E-state index contributed by atoms with van der Waals surface area (Å²) in [7, 11) is 0.335. The van der Waals surface area contributed by atoms with Gasteiger partial charge in [0.2, 0.25) is 9.84 Å². The number of hydrogen-bond donors (Lipinski definition) is 0. The molecule has 100 valence electrons. The van der Waals surface area contributed by atoms with Gasteiger partial charge in [0.15, 0.2) is 0 Å². The number of anilines is 1. The van der Waals surface area contributed by atoms with Gasteiger partial charge in [0, 0.05) is 19.8 Å². The van der Waals surface area contributed by atoms with Gasteiger partial charge in [0.25, 0.3) is 0 Å². The fourth-order valence-electron chi connectivity index (χ4n) is 1.78. The number of benzene rings is 2. The van der Waals surface area contributed by atoms with E-state index in [0.29, 0.717) is 9.79 Å². The predicted octanol–water partition coefficient (Wildman–Crippen LogP) is 2.89. The van der Waals surface area contributed by atoms with Gasteiger partial charge in [-0.3, -0.25) is 0 Å². The van der Waals surface area contributed by atoms with Crippen LogP contribution in [0, 0.1) is 6.92 Å². The summed E-state index contributed by atoms with van der Waals surface area (Å²) < 4.78 is 25.0. The third-order valence-electron chi connectivity index (χ3n) is 2.98. The smallest absolute Gasteiger partial charge is 0.206 e. The summed E-state index contributed by atoms with van der Waals surface area (Å²) in [5, 5.41) is 0. The second-order valence-electron chi connectivity index (χ2n) is 4.71. The highest BCUT2D eigenvalue weighted by Gasteiger charge is 2.17. The zero-order valence-corrected chi connectivity index (χ0v) is 12.1. The normalized spacial score (nSPS) is 11.3. The zero-order chi connectivity index (χ0) is 14.0. The lowest BCUT2D eigenvalue weighted by Crippen LogP contribution is -2.10. The third kappa shape index (κ3) is 2.79. The highest BCUT2D eigenvalue weighted by molar-refractivity contribution is 7.91. The van der Waals surface area contributed by atoms with Gasteiger partial charge >= 0.3 is 0 Å². The molecule has 2 rings (SSSR count). The third-order valence-corrected chi connectivity index (χ3v) is 4.74. The summed E-state index contributed by atoms with van der Waals surface area (Å²) in [5.74, 6) is 0. The van der Waals surface area contributed by atoms with Crippen molar-refractivity contribution in [3.05, 3.63) is 54.1 Å². The van der Waals surface area contributed by atoms with Crippen molar-refractivity contribution < 1.29 is 8.42 Å². The number of aryl methyl sites for hydroxylation is 1. The predicted molar refractivity (Wildman–Crippen MR) is 77.4 cm³/mol. The van der Waals surface area contributed by atoms with E-state index in [1.807, 2.05) is 44.1 Å². The summed E-state index contributed by atoms with van der Waals surface area (Å²) in [4.78, 5) is 2.53. The maximum atomic E-state index is 12.5. The first-order chi connectivity index (χ1) is 8.91. The maximum absolute atomic E-state index is 12.5. The summed E-state index contributed by atoms with van der Waals surface area (Å²) in [6.07, 6.45) is 0. The minimum Gasteiger partial charge on any atom is -0.378 e. The molecule has 4 heteroatoms. The molecule has 0 amide bonds. The van der Waals surface area contributed by atoms with Crippen LogP contribution in [0.1, 0.15) is 5.56 Å². The lowest BCUT2D eigenvalue weighted by atomic mass is 10.2. The Balaban J connectivity index is 2.50. The van der Waals surface area contributed by atoms with E-state index in [-0.39, 0.29) is 0 Å². The lowest BCUT2D eigenvalue weighted by molar-refractivity contribution is 0.596. The van der Waals surface area contributed by atoms with Gasteiger partial charge in [-0.1, -0.05) is 23.8 Å². The molecule has 2 aromatic rings. The van der Waals surface area contributed by atoms with Gasteiger partial charge in [-0.2, -0.15) is 0 Å². The number of rotatable bonds is 3. The minimum atomic E-state index is -3.44. The lowest BCUT2D eigenvalue weighted by Gasteiger charge is -2.13. The molecule has 0 fully saturated rings. The van der Waals surface area contributed by atoms with Crippen LogP contribution in [0.15, 0.2) is 58.3 Å². The van der Waals surface area contributed by atoms with Crippen molar-refractivity contribution in [2.24, 2.45) is 0 Å². The Morgan fingerprint density at radius 2 is 1.53 bits per heavy atom. The first kappa shape index (κ1) is 13.6. The molecule has 0 aliphatic heterocycles. The average molecular weight is 275 g/mol. The number of hydrogen-bond acceptors (Lipinski definition) is 3. The molecule has 19 heavy (non-hydrogen) atoms. The molecule has 0 heterocycles. The Kier molecular flexibility index (Phi) is 3.62. The minimum absolute atomic E-state index is 0.322. The first-order valence-electron chi connectivity index (χ1n) is 6.00. The van der Waals surface area contributed by atoms with E-state index in [1.165, 1.54) is 0 Å². The van der Waals surface area contributed by atoms with Crippen molar-refractivity contribution in [2.75, 3.05) is 19.0 Å². The summed E-state index contributed by atoms with van der Waals surface area (Å²) >= 11 is 0. The molecule has 0 bridgehead atoms. The molecule has 0 saturated heterocycles. The van der Waals surface area contributed by atoms with Crippen LogP contribution in [0.25, 0.3) is 0 Å². The Morgan fingerprint density at radius 3 is 2.11 bits per heavy atom. The van der Waals surface area contributed by atoms with E-state index in [2.05, 4.69) is 0 Å². The van der Waals surface area contributed by atoms with Crippen LogP contribution in [0.3, 0.4) is 0 Å². The second-order valence-corrected chi connectivity index (χ2v) is 6.66. The standard InChI is InChI=1S/C15H17NO2S/c1-12-7-9-14(10-8-12)19(17,18)15-6-4-5-13(11-15)16(2)3/h4-11H,1-3H3. The molecular weight excluding hydrogens is 258 g/mol. The van der Waals surface area contributed by atoms with Crippen LogP contribution in [-0.2, 0) is 9.84 Å².